The summed E-state index contributed by atoms with van der Waals surface area (Å²) in [6, 6.07) is 24.6. The van der Waals surface area contributed by atoms with Crippen LogP contribution in [-0.4, -0.2) is 37.6 Å². The summed E-state index contributed by atoms with van der Waals surface area (Å²) in [5.41, 5.74) is 8.94. The molecule has 0 spiro atoms. The summed E-state index contributed by atoms with van der Waals surface area (Å²) < 4.78 is 2.00. The zero-order valence-corrected chi connectivity index (χ0v) is 22.7. The lowest BCUT2D eigenvalue weighted by atomic mass is 9.87. The van der Waals surface area contributed by atoms with E-state index in [2.05, 4.69) is 89.8 Å². The lowest BCUT2D eigenvalue weighted by molar-refractivity contribution is -0.118. The second-order valence-corrected chi connectivity index (χ2v) is 11.1. The maximum atomic E-state index is 12.6. The van der Waals surface area contributed by atoms with E-state index in [9.17, 15) is 4.79 Å². The average molecular weight is 523 g/mol. The van der Waals surface area contributed by atoms with E-state index in [0.29, 0.717) is 5.16 Å². The van der Waals surface area contributed by atoms with Crippen LogP contribution < -0.4 is 5.43 Å². The number of H-pyrrole nitrogens is 1. The van der Waals surface area contributed by atoms with E-state index in [4.69, 9.17) is 0 Å². The number of fused-ring (bicyclic) bond motifs is 1. The van der Waals surface area contributed by atoms with Crippen molar-refractivity contribution in [1.29, 1.82) is 0 Å². The second kappa shape index (κ2) is 10.7. The number of hydrogen-bond donors (Lipinski definition) is 2. The van der Waals surface area contributed by atoms with E-state index >= 15 is 0 Å². The minimum Gasteiger partial charge on any atom is -0.361 e. The second-order valence-electron chi connectivity index (χ2n) is 10.2. The van der Waals surface area contributed by atoms with Gasteiger partial charge in [0.05, 0.1) is 12.0 Å². The molecule has 2 N–H and O–H groups in total. The zero-order chi connectivity index (χ0) is 26.7. The number of benzene rings is 3. The van der Waals surface area contributed by atoms with Crippen molar-refractivity contribution in [3.8, 4) is 17.1 Å². The lowest BCUT2D eigenvalue weighted by Crippen LogP contribution is -2.20. The summed E-state index contributed by atoms with van der Waals surface area (Å²) in [5.74, 6) is 0.660. The summed E-state index contributed by atoms with van der Waals surface area (Å²) >= 11 is 1.32. The van der Waals surface area contributed by atoms with Gasteiger partial charge in [-0.05, 0) is 36.1 Å². The van der Waals surface area contributed by atoms with Gasteiger partial charge in [0.2, 0.25) is 0 Å². The number of thioether (sulfide) groups is 1. The molecule has 192 valence electrons. The molecule has 0 saturated heterocycles. The van der Waals surface area contributed by atoms with Gasteiger partial charge in [0.15, 0.2) is 11.0 Å². The fourth-order valence-corrected chi connectivity index (χ4v) is 4.88. The van der Waals surface area contributed by atoms with Crippen molar-refractivity contribution < 1.29 is 4.79 Å². The molecule has 38 heavy (non-hydrogen) atoms. The van der Waals surface area contributed by atoms with E-state index < -0.39 is 0 Å². The van der Waals surface area contributed by atoms with E-state index in [1.165, 1.54) is 22.9 Å². The molecule has 8 heteroatoms. The smallest absolute Gasteiger partial charge is 0.250 e. The number of nitrogens with zero attached hydrogens (tertiary/aromatic N) is 4. The third-order valence-electron chi connectivity index (χ3n) is 6.28. The van der Waals surface area contributed by atoms with Crippen LogP contribution in [-0.2, 0) is 10.2 Å². The quantitative estimate of drug-likeness (QED) is 0.150. The van der Waals surface area contributed by atoms with Crippen molar-refractivity contribution >= 4 is 34.8 Å². The third-order valence-corrected chi connectivity index (χ3v) is 7.21. The SMILES string of the molecule is Cc1ccc(-n2c(SCC(=O)N/N=C\c3c[nH]c4ccccc34)nnc2-c2ccc(C(C)(C)C)cc2)cc1. The highest BCUT2D eigenvalue weighted by molar-refractivity contribution is 7.99. The Bertz CT molecular complexity index is 1590. The van der Waals surface area contributed by atoms with E-state index in [1.807, 2.05) is 47.2 Å². The molecule has 0 aliphatic rings. The van der Waals surface area contributed by atoms with Crippen molar-refractivity contribution in [2.24, 2.45) is 5.10 Å². The van der Waals surface area contributed by atoms with E-state index in [-0.39, 0.29) is 17.1 Å². The number of hydrazone groups is 1. The number of carbonyl (C=O) groups excluding carboxylic acids is 1. The predicted molar refractivity (Wildman–Crippen MR) is 155 cm³/mol. The summed E-state index contributed by atoms with van der Waals surface area (Å²) in [7, 11) is 0. The monoisotopic (exact) mass is 522 g/mol. The van der Waals surface area contributed by atoms with Gasteiger partial charge in [-0.25, -0.2) is 5.43 Å². The van der Waals surface area contributed by atoms with E-state index in [0.717, 1.165) is 33.5 Å². The highest BCUT2D eigenvalue weighted by Crippen LogP contribution is 2.30. The van der Waals surface area contributed by atoms with Crippen LogP contribution in [0.25, 0.3) is 28.0 Å². The number of carbonyl (C=O) groups is 1. The molecule has 2 heterocycles. The van der Waals surface area contributed by atoms with Crippen LogP contribution in [0, 0.1) is 6.92 Å². The molecule has 0 radical (unpaired) electrons. The highest BCUT2D eigenvalue weighted by Gasteiger charge is 2.19. The van der Waals surface area contributed by atoms with Crippen molar-refractivity contribution in [2.75, 3.05) is 5.75 Å². The van der Waals surface area contributed by atoms with Gasteiger partial charge >= 0.3 is 0 Å². The largest absolute Gasteiger partial charge is 0.361 e. The molecule has 5 aromatic rings. The number of nitrogens with one attached hydrogen (secondary N) is 2. The average Bonchev–Trinajstić information content (AvgIpc) is 3.52. The summed E-state index contributed by atoms with van der Waals surface area (Å²) in [6.45, 7) is 8.64. The molecule has 0 fully saturated rings. The number of aromatic amines is 1. The first-order chi connectivity index (χ1) is 18.3. The molecule has 2 aromatic heterocycles. The third kappa shape index (κ3) is 5.55. The Labute approximate surface area is 226 Å². The Hall–Kier alpha value is -4.17. The first-order valence-corrected chi connectivity index (χ1v) is 13.4. The number of aryl methyl sites for hydroxylation is 1. The number of amides is 1. The Morgan fingerprint density at radius 1 is 1.03 bits per heavy atom. The molecule has 0 atom stereocenters. The van der Waals surface area contributed by atoms with Crippen molar-refractivity contribution in [3.05, 3.63) is 95.7 Å². The Balaban J connectivity index is 1.34. The van der Waals surface area contributed by atoms with Gasteiger partial charge < -0.3 is 4.98 Å². The van der Waals surface area contributed by atoms with Crippen LogP contribution in [0.3, 0.4) is 0 Å². The molecule has 0 aliphatic carbocycles. The van der Waals surface area contributed by atoms with Crippen LogP contribution >= 0.6 is 11.8 Å². The van der Waals surface area contributed by atoms with Gasteiger partial charge in [0.25, 0.3) is 5.91 Å². The Morgan fingerprint density at radius 3 is 2.50 bits per heavy atom. The van der Waals surface area contributed by atoms with Crippen molar-refractivity contribution in [1.82, 2.24) is 25.2 Å². The van der Waals surface area contributed by atoms with Gasteiger partial charge in [-0.3, -0.25) is 9.36 Å². The van der Waals surface area contributed by atoms with Crippen LogP contribution in [0.15, 0.2) is 89.3 Å². The number of para-hydroxylation sites is 1. The standard InChI is InChI=1S/C30H30N6OS/c1-20-9-15-24(16-10-20)36-28(21-11-13-23(14-12-21)30(2,3)4)34-35-29(36)38-19-27(37)33-32-18-22-17-31-26-8-6-5-7-25(22)26/h5-18,31H,19H2,1-4H3,(H,33,37)/b32-18-. The van der Waals surface area contributed by atoms with Crippen molar-refractivity contribution in [2.45, 2.75) is 38.3 Å². The molecule has 5 rings (SSSR count). The molecule has 0 unspecified atom stereocenters. The van der Waals surface area contributed by atoms with Gasteiger partial charge in [0.1, 0.15) is 0 Å². The molecular weight excluding hydrogens is 492 g/mol. The van der Waals surface area contributed by atoms with Crippen LogP contribution in [0.1, 0.15) is 37.5 Å². The Kier molecular flexibility index (Phi) is 7.15. The van der Waals surface area contributed by atoms with Gasteiger partial charge in [0, 0.05) is 33.9 Å². The fourth-order valence-electron chi connectivity index (χ4n) is 4.13. The molecule has 1 amide bonds. The minimum atomic E-state index is -0.222. The number of rotatable bonds is 7. The van der Waals surface area contributed by atoms with Crippen LogP contribution in [0.5, 0.6) is 0 Å². The lowest BCUT2D eigenvalue weighted by Gasteiger charge is -2.19. The molecule has 0 bridgehead atoms. The summed E-state index contributed by atoms with van der Waals surface area (Å²) in [5, 5.41) is 14.8. The molecule has 7 nitrogen and oxygen atoms in total. The molecule has 3 aromatic carbocycles. The van der Waals surface area contributed by atoms with Gasteiger partial charge in [-0.2, -0.15) is 5.10 Å². The van der Waals surface area contributed by atoms with Crippen LogP contribution in [0.4, 0.5) is 0 Å². The van der Waals surface area contributed by atoms with Crippen molar-refractivity contribution in [3.63, 3.8) is 0 Å². The molecular formula is C30H30N6OS. The Morgan fingerprint density at radius 2 is 1.76 bits per heavy atom. The maximum absolute atomic E-state index is 12.6. The number of hydrogen-bond acceptors (Lipinski definition) is 5. The summed E-state index contributed by atoms with van der Waals surface area (Å²) in [4.78, 5) is 15.8. The van der Waals surface area contributed by atoms with E-state index in [1.54, 1.807) is 6.21 Å². The minimum absolute atomic E-state index is 0.0637. The van der Waals surface area contributed by atoms with Crippen LogP contribution in [0.2, 0.25) is 0 Å². The normalized spacial score (nSPS) is 11.9. The van der Waals surface area contributed by atoms with Gasteiger partial charge in [-0.15, -0.1) is 10.2 Å². The predicted octanol–water partition coefficient (Wildman–Crippen LogP) is 6.26. The molecule has 0 saturated carbocycles. The topological polar surface area (TPSA) is 88.0 Å². The highest BCUT2D eigenvalue weighted by atomic mass is 32.2. The number of aromatic nitrogens is 4. The summed E-state index contributed by atoms with van der Waals surface area (Å²) in [6.07, 6.45) is 3.52. The maximum Gasteiger partial charge on any atom is 0.250 e. The molecule has 0 aliphatic heterocycles. The first kappa shape index (κ1) is 25.5. The fraction of sp³-hybridized carbons (Fsp3) is 0.200. The van der Waals surface area contributed by atoms with Gasteiger partial charge in [-0.1, -0.05) is 92.7 Å². The first-order valence-electron chi connectivity index (χ1n) is 12.4. The zero-order valence-electron chi connectivity index (χ0n) is 21.9.